The summed E-state index contributed by atoms with van der Waals surface area (Å²) in [5.41, 5.74) is 5.74. The summed E-state index contributed by atoms with van der Waals surface area (Å²) in [6.45, 7) is 11.4. The Bertz CT molecular complexity index is 760. The number of fused-ring (bicyclic) bond motifs is 1. The molecule has 0 radical (unpaired) electrons. The fourth-order valence-electron chi connectivity index (χ4n) is 3.26. The maximum Gasteiger partial charge on any atom is 0.259 e. The first-order chi connectivity index (χ1) is 11.2. The second-order valence-corrected chi connectivity index (χ2v) is 9.08. The molecule has 1 aromatic rings. The highest BCUT2D eigenvalue weighted by molar-refractivity contribution is 7.91. The fourth-order valence-corrected chi connectivity index (χ4v) is 3.80. The monoisotopic (exact) mass is 352 g/mol. The van der Waals surface area contributed by atoms with Gasteiger partial charge in [0, 0.05) is 5.75 Å². The van der Waals surface area contributed by atoms with Gasteiger partial charge in [-0.25, -0.2) is 9.35 Å². The SMILES string of the molecule is CCS(N)(=O)=NC(=O)Cc1c(C(C)C)cc2c(c1C(C)C)COC2. The van der Waals surface area contributed by atoms with Crippen molar-refractivity contribution in [2.75, 3.05) is 5.75 Å². The van der Waals surface area contributed by atoms with Gasteiger partial charge in [0.05, 0.1) is 19.6 Å². The third-order valence-electron chi connectivity index (χ3n) is 4.42. The number of nitrogens with two attached hydrogens (primary N) is 1. The van der Waals surface area contributed by atoms with Crippen molar-refractivity contribution in [2.45, 2.75) is 66.1 Å². The third-order valence-corrected chi connectivity index (χ3v) is 5.76. The van der Waals surface area contributed by atoms with E-state index in [1.807, 2.05) is 0 Å². The van der Waals surface area contributed by atoms with Gasteiger partial charge in [0.2, 0.25) is 0 Å². The van der Waals surface area contributed by atoms with E-state index in [9.17, 15) is 9.00 Å². The first kappa shape index (κ1) is 19.1. The van der Waals surface area contributed by atoms with Crippen LogP contribution in [0.2, 0.25) is 0 Å². The molecule has 2 rings (SSSR count). The lowest BCUT2D eigenvalue weighted by Crippen LogP contribution is -2.18. The van der Waals surface area contributed by atoms with Crippen LogP contribution in [-0.2, 0) is 39.1 Å². The molecule has 5 nitrogen and oxygen atoms in total. The van der Waals surface area contributed by atoms with Crippen molar-refractivity contribution in [1.29, 1.82) is 0 Å². The summed E-state index contributed by atoms with van der Waals surface area (Å²) in [6, 6.07) is 2.15. The minimum atomic E-state index is -2.92. The van der Waals surface area contributed by atoms with Crippen LogP contribution < -0.4 is 5.14 Å². The molecule has 1 atom stereocenters. The molecule has 0 saturated carbocycles. The van der Waals surface area contributed by atoms with Gasteiger partial charge in [0.15, 0.2) is 0 Å². The minimum Gasteiger partial charge on any atom is -0.372 e. The molecule has 24 heavy (non-hydrogen) atoms. The van der Waals surface area contributed by atoms with E-state index in [0.717, 1.165) is 11.1 Å². The van der Waals surface area contributed by atoms with Crippen molar-refractivity contribution in [2.24, 2.45) is 9.50 Å². The average molecular weight is 353 g/mol. The van der Waals surface area contributed by atoms with Gasteiger partial charge in [-0.3, -0.25) is 4.79 Å². The van der Waals surface area contributed by atoms with E-state index >= 15 is 0 Å². The second kappa shape index (κ2) is 7.33. The highest BCUT2D eigenvalue weighted by Crippen LogP contribution is 2.37. The standard InChI is InChI=1S/C18H28N2O3S/c1-6-24(19,22)20-17(21)8-15-14(11(2)3)7-13-9-23-10-16(13)18(15)12(4)5/h7,11-12H,6,8-10H2,1-5H3,(H2,19,20,21,22). The molecule has 0 fully saturated rings. The zero-order valence-corrected chi connectivity index (χ0v) is 16.0. The van der Waals surface area contributed by atoms with E-state index in [2.05, 4.69) is 38.1 Å². The number of carbonyl (C=O) groups is 1. The van der Waals surface area contributed by atoms with E-state index in [-0.39, 0.29) is 24.0 Å². The van der Waals surface area contributed by atoms with E-state index in [1.54, 1.807) is 6.92 Å². The van der Waals surface area contributed by atoms with Gasteiger partial charge in [-0.1, -0.05) is 40.7 Å². The lowest BCUT2D eigenvalue weighted by Gasteiger charge is -2.22. The lowest BCUT2D eigenvalue weighted by molar-refractivity contribution is -0.117. The van der Waals surface area contributed by atoms with Crippen molar-refractivity contribution in [3.63, 3.8) is 0 Å². The van der Waals surface area contributed by atoms with E-state index in [1.165, 1.54) is 16.7 Å². The molecule has 0 spiro atoms. The number of rotatable bonds is 5. The van der Waals surface area contributed by atoms with Crippen LogP contribution in [0.15, 0.2) is 10.4 Å². The van der Waals surface area contributed by atoms with Gasteiger partial charge in [-0.05, 0) is 39.7 Å². The molecular weight excluding hydrogens is 324 g/mol. The Morgan fingerprint density at radius 3 is 2.50 bits per heavy atom. The molecule has 0 bridgehead atoms. The molecule has 1 heterocycles. The first-order valence-corrected chi connectivity index (χ1v) is 10.2. The van der Waals surface area contributed by atoms with Crippen LogP contribution in [-0.4, -0.2) is 15.9 Å². The maximum absolute atomic E-state index is 12.4. The third kappa shape index (κ3) is 4.05. The molecule has 134 valence electrons. The fraction of sp³-hybridized carbons (Fsp3) is 0.611. The molecule has 0 aromatic heterocycles. The maximum atomic E-state index is 12.4. The Morgan fingerprint density at radius 2 is 1.96 bits per heavy atom. The zero-order valence-electron chi connectivity index (χ0n) is 15.2. The molecule has 1 amide bonds. The van der Waals surface area contributed by atoms with Crippen LogP contribution in [0, 0.1) is 0 Å². The summed E-state index contributed by atoms with van der Waals surface area (Å²) < 4.78 is 21.3. The topological polar surface area (TPSA) is 81.8 Å². The van der Waals surface area contributed by atoms with Crippen molar-refractivity contribution in [1.82, 2.24) is 0 Å². The Balaban J connectivity index is 2.57. The van der Waals surface area contributed by atoms with Crippen LogP contribution in [0.4, 0.5) is 0 Å². The molecular formula is C18H28N2O3S. The Kier molecular flexibility index (Phi) is 5.83. The summed E-state index contributed by atoms with van der Waals surface area (Å²) in [5, 5.41) is 5.58. The average Bonchev–Trinajstić information content (AvgIpc) is 2.92. The Labute approximate surface area is 145 Å². The van der Waals surface area contributed by atoms with E-state index in [0.29, 0.717) is 13.2 Å². The quantitative estimate of drug-likeness (QED) is 0.882. The number of carbonyl (C=O) groups excluding carboxylic acids is 1. The highest BCUT2D eigenvalue weighted by atomic mass is 32.2. The molecule has 1 aliphatic heterocycles. The van der Waals surface area contributed by atoms with Gasteiger partial charge in [0.25, 0.3) is 5.91 Å². The van der Waals surface area contributed by atoms with Crippen LogP contribution in [0.1, 0.15) is 74.3 Å². The number of ether oxygens (including phenoxy) is 1. The van der Waals surface area contributed by atoms with Crippen molar-refractivity contribution < 1.29 is 13.7 Å². The summed E-state index contributed by atoms with van der Waals surface area (Å²) >= 11 is 0. The van der Waals surface area contributed by atoms with E-state index < -0.39 is 15.8 Å². The van der Waals surface area contributed by atoms with Crippen LogP contribution >= 0.6 is 0 Å². The zero-order chi connectivity index (χ0) is 18.1. The van der Waals surface area contributed by atoms with Gasteiger partial charge >= 0.3 is 0 Å². The normalized spacial score (nSPS) is 16.3. The van der Waals surface area contributed by atoms with Gasteiger partial charge in [-0.2, -0.15) is 0 Å². The first-order valence-electron chi connectivity index (χ1n) is 8.46. The predicted molar refractivity (Wildman–Crippen MR) is 97.1 cm³/mol. The van der Waals surface area contributed by atoms with Crippen LogP contribution in [0.5, 0.6) is 0 Å². The molecule has 6 heteroatoms. The number of benzene rings is 1. The largest absolute Gasteiger partial charge is 0.372 e. The number of nitrogens with zero attached hydrogens (tertiary/aromatic N) is 1. The van der Waals surface area contributed by atoms with Gasteiger partial charge < -0.3 is 4.74 Å². The van der Waals surface area contributed by atoms with E-state index in [4.69, 9.17) is 9.88 Å². The summed E-state index contributed by atoms with van der Waals surface area (Å²) in [4.78, 5) is 12.4. The molecule has 1 aliphatic rings. The molecule has 2 N–H and O–H groups in total. The highest BCUT2D eigenvalue weighted by Gasteiger charge is 2.25. The molecule has 0 aliphatic carbocycles. The molecule has 0 saturated heterocycles. The number of hydrogen-bond donors (Lipinski definition) is 1. The van der Waals surface area contributed by atoms with Gasteiger partial charge in [-0.15, -0.1) is 4.36 Å². The van der Waals surface area contributed by atoms with Crippen LogP contribution in [0.25, 0.3) is 0 Å². The molecule has 1 unspecified atom stereocenters. The smallest absolute Gasteiger partial charge is 0.259 e. The van der Waals surface area contributed by atoms with Crippen molar-refractivity contribution in [3.05, 3.63) is 33.9 Å². The molecule has 1 aromatic carbocycles. The van der Waals surface area contributed by atoms with Crippen molar-refractivity contribution >= 4 is 15.8 Å². The Hall–Kier alpha value is -1.24. The van der Waals surface area contributed by atoms with Gasteiger partial charge in [0.1, 0.15) is 9.92 Å². The second-order valence-electron chi connectivity index (χ2n) is 6.94. The number of hydrogen-bond acceptors (Lipinski definition) is 3. The summed E-state index contributed by atoms with van der Waals surface area (Å²) in [7, 11) is -2.92. The summed E-state index contributed by atoms with van der Waals surface area (Å²) in [6.07, 6.45) is 0.141. The Morgan fingerprint density at radius 1 is 1.29 bits per heavy atom. The number of amides is 1. The predicted octanol–water partition coefficient (Wildman–Crippen LogP) is 3.39. The lowest BCUT2D eigenvalue weighted by atomic mass is 9.82. The van der Waals surface area contributed by atoms with Crippen molar-refractivity contribution in [3.8, 4) is 0 Å². The summed E-state index contributed by atoms with van der Waals surface area (Å²) in [5.74, 6) is 0.317. The minimum absolute atomic E-state index is 0.141. The van der Waals surface area contributed by atoms with Crippen LogP contribution in [0.3, 0.4) is 0 Å².